The van der Waals surface area contributed by atoms with Crippen molar-refractivity contribution in [2.75, 3.05) is 13.7 Å². The number of carboxylic acids is 1. The van der Waals surface area contributed by atoms with E-state index in [1.807, 2.05) is 24.3 Å². The normalized spacial score (nSPS) is 11.1. The third-order valence-electron chi connectivity index (χ3n) is 3.81. The lowest BCUT2D eigenvalue weighted by atomic mass is 10.1. The van der Waals surface area contributed by atoms with Crippen LogP contribution in [0.5, 0.6) is 5.75 Å². The zero-order valence-corrected chi connectivity index (χ0v) is 15.3. The summed E-state index contributed by atoms with van der Waals surface area (Å²) in [5.41, 5.74) is 2.53. The number of aliphatic carboxylic acids is 1. The van der Waals surface area contributed by atoms with Gasteiger partial charge in [0.05, 0.1) is 12.7 Å². The van der Waals surface area contributed by atoms with Gasteiger partial charge in [-0.05, 0) is 48.7 Å². The Balaban J connectivity index is 1.94. The number of hydrogen-bond donors (Lipinski definition) is 2. The molecule has 0 atom stereocenters. The maximum Gasteiger partial charge on any atom is 0.331 e. The number of amides is 1. The molecule has 0 unspecified atom stereocenters. The van der Waals surface area contributed by atoms with Crippen LogP contribution < -0.4 is 10.1 Å². The molecule has 2 aromatic rings. The highest BCUT2D eigenvalue weighted by Gasteiger charge is 2.12. The zero-order valence-electron chi connectivity index (χ0n) is 14.6. The first-order valence-electron chi connectivity index (χ1n) is 8.03. The number of carboxylic acid groups (broad SMARTS) is 1. The quantitative estimate of drug-likeness (QED) is 0.723. The molecule has 1 amide bonds. The molecule has 0 bridgehead atoms. The van der Waals surface area contributed by atoms with Crippen LogP contribution in [0.3, 0.4) is 0 Å². The van der Waals surface area contributed by atoms with Gasteiger partial charge in [-0.3, -0.25) is 4.79 Å². The Hall–Kier alpha value is -2.79. The summed E-state index contributed by atoms with van der Waals surface area (Å²) in [6, 6.07) is 12.4. The molecule has 0 fully saturated rings. The number of methoxy groups -OCH3 is 1. The Morgan fingerprint density at radius 1 is 1.19 bits per heavy atom. The molecule has 0 saturated heterocycles. The average Bonchev–Trinajstić information content (AvgIpc) is 2.62. The lowest BCUT2D eigenvalue weighted by Crippen LogP contribution is -2.26. The zero-order chi connectivity index (χ0) is 19.1. The number of carbonyl (C=O) groups excluding carboxylic acids is 1. The first-order valence-corrected chi connectivity index (χ1v) is 8.41. The molecule has 0 aromatic heterocycles. The molecule has 6 heteroatoms. The summed E-state index contributed by atoms with van der Waals surface area (Å²) in [6.45, 7) is 2.01. The molecule has 0 aliphatic rings. The van der Waals surface area contributed by atoms with Gasteiger partial charge in [-0.1, -0.05) is 35.9 Å². The molecular weight excluding hydrogens is 354 g/mol. The second-order valence-corrected chi connectivity index (χ2v) is 6.16. The highest BCUT2D eigenvalue weighted by atomic mass is 35.5. The van der Waals surface area contributed by atoms with Gasteiger partial charge in [0.25, 0.3) is 5.91 Å². The minimum absolute atomic E-state index is 0.249. The molecule has 5 nitrogen and oxygen atoms in total. The van der Waals surface area contributed by atoms with Crippen LogP contribution in [-0.4, -0.2) is 30.6 Å². The highest BCUT2D eigenvalue weighted by molar-refractivity contribution is 6.31. The molecule has 0 aliphatic carbocycles. The minimum Gasteiger partial charge on any atom is -0.496 e. The highest BCUT2D eigenvalue weighted by Crippen LogP contribution is 2.22. The van der Waals surface area contributed by atoms with Gasteiger partial charge in [0.2, 0.25) is 0 Å². The lowest BCUT2D eigenvalue weighted by Gasteiger charge is -2.10. The van der Waals surface area contributed by atoms with Crippen molar-refractivity contribution >= 4 is 29.6 Å². The summed E-state index contributed by atoms with van der Waals surface area (Å²) in [5.74, 6) is -0.717. The molecule has 2 aromatic carbocycles. The standard InChI is InChI=1S/C20H20ClNO4/c1-13(20(24)25)11-15-5-3-14(4-6-15)9-10-22-19(23)17-12-16(21)7-8-18(17)26-2/h3-8,11-12H,9-10H2,1-2H3,(H,22,23)(H,24,25). The third kappa shape index (κ3) is 5.36. The lowest BCUT2D eigenvalue weighted by molar-refractivity contribution is -0.132. The largest absolute Gasteiger partial charge is 0.496 e. The Kier molecular flexibility index (Phi) is 6.81. The molecule has 0 spiro atoms. The van der Waals surface area contributed by atoms with Gasteiger partial charge in [0.1, 0.15) is 5.75 Å². The average molecular weight is 374 g/mol. The van der Waals surface area contributed by atoms with Crippen LogP contribution in [-0.2, 0) is 11.2 Å². The molecule has 136 valence electrons. The van der Waals surface area contributed by atoms with Gasteiger partial charge in [-0.15, -0.1) is 0 Å². The molecule has 0 radical (unpaired) electrons. The first-order chi connectivity index (χ1) is 12.4. The fraction of sp³-hybridized carbons (Fsp3) is 0.200. The Morgan fingerprint density at radius 3 is 2.50 bits per heavy atom. The van der Waals surface area contributed by atoms with Crippen LogP contribution in [0, 0.1) is 0 Å². The first kappa shape index (κ1) is 19.5. The summed E-state index contributed by atoms with van der Waals surface area (Å²) in [6.07, 6.45) is 2.26. The van der Waals surface area contributed by atoms with Gasteiger partial charge in [-0.2, -0.15) is 0 Å². The van der Waals surface area contributed by atoms with E-state index in [0.29, 0.717) is 29.3 Å². The fourth-order valence-corrected chi connectivity index (χ4v) is 2.54. The van der Waals surface area contributed by atoms with E-state index in [1.165, 1.54) is 7.11 Å². The predicted octanol–water partition coefficient (Wildman–Crippen LogP) is 3.81. The molecular formula is C20H20ClNO4. The molecule has 26 heavy (non-hydrogen) atoms. The molecule has 0 aliphatic heterocycles. The number of carbonyl (C=O) groups is 2. The number of ether oxygens (including phenoxy) is 1. The van der Waals surface area contributed by atoms with Crippen molar-refractivity contribution in [2.24, 2.45) is 0 Å². The van der Waals surface area contributed by atoms with E-state index in [-0.39, 0.29) is 11.5 Å². The van der Waals surface area contributed by atoms with E-state index in [1.54, 1.807) is 31.2 Å². The van der Waals surface area contributed by atoms with Crippen molar-refractivity contribution in [3.05, 3.63) is 69.8 Å². The van der Waals surface area contributed by atoms with Gasteiger partial charge in [0.15, 0.2) is 0 Å². The number of hydrogen-bond acceptors (Lipinski definition) is 3. The molecule has 2 N–H and O–H groups in total. The summed E-state index contributed by atoms with van der Waals surface area (Å²) in [7, 11) is 1.50. The summed E-state index contributed by atoms with van der Waals surface area (Å²) in [5, 5.41) is 12.2. The van der Waals surface area contributed by atoms with Crippen molar-refractivity contribution in [2.45, 2.75) is 13.3 Å². The van der Waals surface area contributed by atoms with Crippen LogP contribution in [0.25, 0.3) is 6.08 Å². The van der Waals surface area contributed by atoms with E-state index < -0.39 is 5.97 Å². The van der Waals surface area contributed by atoms with Gasteiger partial charge >= 0.3 is 5.97 Å². The van der Waals surface area contributed by atoms with Gasteiger partial charge in [0, 0.05) is 17.1 Å². The number of nitrogens with one attached hydrogen (secondary N) is 1. The molecule has 0 heterocycles. The Labute approximate surface area is 157 Å². The number of rotatable bonds is 7. The van der Waals surface area contributed by atoms with E-state index in [0.717, 1.165) is 11.1 Å². The summed E-state index contributed by atoms with van der Waals surface area (Å²) < 4.78 is 5.18. The molecule has 2 rings (SSSR count). The molecule has 0 saturated carbocycles. The Bertz CT molecular complexity index is 828. The smallest absolute Gasteiger partial charge is 0.331 e. The maximum atomic E-state index is 12.3. The van der Waals surface area contributed by atoms with Crippen molar-refractivity contribution in [1.29, 1.82) is 0 Å². The number of benzene rings is 2. The maximum absolute atomic E-state index is 12.3. The van der Waals surface area contributed by atoms with E-state index in [9.17, 15) is 9.59 Å². The van der Waals surface area contributed by atoms with Crippen molar-refractivity contribution in [3.63, 3.8) is 0 Å². The fourth-order valence-electron chi connectivity index (χ4n) is 2.37. The van der Waals surface area contributed by atoms with Crippen LogP contribution in [0.1, 0.15) is 28.4 Å². The van der Waals surface area contributed by atoms with Crippen molar-refractivity contribution < 1.29 is 19.4 Å². The van der Waals surface area contributed by atoms with Gasteiger partial charge < -0.3 is 15.2 Å². The predicted molar refractivity (Wildman–Crippen MR) is 102 cm³/mol. The van der Waals surface area contributed by atoms with E-state index in [2.05, 4.69) is 5.32 Å². The SMILES string of the molecule is COc1ccc(Cl)cc1C(=O)NCCc1ccc(C=C(C)C(=O)O)cc1. The summed E-state index contributed by atoms with van der Waals surface area (Å²) >= 11 is 5.94. The van der Waals surface area contributed by atoms with E-state index >= 15 is 0 Å². The summed E-state index contributed by atoms with van der Waals surface area (Å²) in [4.78, 5) is 23.1. The van der Waals surface area contributed by atoms with Gasteiger partial charge in [-0.25, -0.2) is 4.79 Å². The van der Waals surface area contributed by atoms with Crippen LogP contribution in [0.4, 0.5) is 0 Å². The van der Waals surface area contributed by atoms with Crippen molar-refractivity contribution in [3.8, 4) is 5.75 Å². The van der Waals surface area contributed by atoms with Crippen LogP contribution in [0.2, 0.25) is 5.02 Å². The van der Waals surface area contributed by atoms with Crippen LogP contribution in [0.15, 0.2) is 48.0 Å². The second kappa shape index (κ2) is 9.06. The monoisotopic (exact) mass is 373 g/mol. The minimum atomic E-state index is -0.937. The number of halogens is 1. The Morgan fingerprint density at radius 2 is 1.88 bits per heavy atom. The third-order valence-corrected chi connectivity index (χ3v) is 4.04. The second-order valence-electron chi connectivity index (χ2n) is 5.72. The van der Waals surface area contributed by atoms with E-state index in [4.69, 9.17) is 21.4 Å². The van der Waals surface area contributed by atoms with Crippen LogP contribution >= 0.6 is 11.6 Å². The topological polar surface area (TPSA) is 75.6 Å². The van der Waals surface area contributed by atoms with Crippen molar-refractivity contribution in [1.82, 2.24) is 5.32 Å².